The first-order chi connectivity index (χ1) is 12.0. The number of aryl methyl sites for hydroxylation is 1. The van der Waals surface area contributed by atoms with Gasteiger partial charge in [0.2, 0.25) is 0 Å². The lowest BCUT2D eigenvalue weighted by Gasteiger charge is -2.32. The molecule has 3 amide bonds. The number of amides is 3. The highest BCUT2D eigenvalue weighted by atomic mass is 16.4. The fraction of sp³-hybridized carbons (Fsp3) is 0.500. The molecule has 0 radical (unpaired) electrons. The van der Waals surface area contributed by atoms with E-state index in [2.05, 4.69) is 10.6 Å². The van der Waals surface area contributed by atoms with Crippen molar-refractivity contribution in [2.75, 3.05) is 19.6 Å². The smallest absolute Gasteiger partial charge is 0.315 e. The minimum absolute atomic E-state index is 0.0246. The van der Waals surface area contributed by atoms with Crippen LogP contribution in [-0.4, -0.2) is 53.6 Å². The zero-order valence-corrected chi connectivity index (χ0v) is 14.5. The Hall–Kier alpha value is -2.57. The molecule has 1 aliphatic heterocycles. The van der Waals surface area contributed by atoms with Gasteiger partial charge in [0.25, 0.3) is 5.91 Å². The molecule has 3 N–H and O–H groups in total. The van der Waals surface area contributed by atoms with Gasteiger partial charge in [-0.2, -0.15) is 0 Å². The normalized spacial score (nSPS) is 14.8. The van der Waals surface area contributed by atoms with E-state index in [4.69, 9.17) is 5.11 Å². The second-order valence-corrected chi connectivity index (χ2v) is 6.33. The highest BCUT2D eigenvalue weighted by Crippen LogP contribution is 2.14. The van der Waals surface area contributed by atoms with Gasteiger partial charge in [0, 0.05) is 37.7 Å². The third kappa shape index (κ3) is 6.10. The van der Waals surface area contributed by atoms with E-state index < -0.39 is 5.97 Å². The average molecular weight is 347 g/mol. The van der Waals surface area contributed by atoms with Crippen LogP contribution in [0.4, 0.5) is 4.79 Å². The Bertz CT molecular complexity index is 607. The number of hydrogen-bond donors (Lipinski definition) is 3. The molecule has 1 saturated heterocycles. The van der Waals surface area contributed by atoms with Crippen molar-refractivity contribution in [3.05, 3.63) is 35.4 Å². The lowest BCUT2D eigenvalue weighted by Crippen LogP contribution is -2.49. The minimum atomic E-state index is -0.868. The predicted octanol–water partition coefficient (Wildman–Crippen LogP) is 1.76. The summed E-state index contributed by atoms with van der Waals surface area (Å²) in [6, 6.07) is 7.28. The molecule has 25 heavy (non-hydrogen) atoms. The summed E-state index contributed by atoms with van der Waals surface area (Å²) in [6.07, 6.45) is 1.87. The van der Waals surface area contributed by atoms with Crippen LogP contribution in [0.25, 0.3) is 0 Å². The van der Waals surface area contributed by atoms with Crippen molar-refractivity contribution < 1.29 is 19.5 Å². The van der Waals surface area contributed by atoms with E-state index in [0.717, 1.165) is 5.56 Å². The molecular formula is C18H25N3O4. The number of likely N-dealkylation sites (tertiary alicyclic amines) is 1. The molecule has 7 nitrogen and oxygen atoms in total. The van der Waals surface area contributed by atoms with E-state index in [1.165, 1.54) is 0 Å². The molecule has 0 spiro atoms. The summed E-state index contributed by atoms with van der Waals surface area (Å²) in [5.41, 5.74) is 1.81. The number of benzene rings is 1. The summed E-state index contributed by atoms with van der Waals surface area (Å²) >= 11 is 0. The lowest BCUT2D eigenvalue weighted by molar-refractivity contribution is -0.137. The molecular weight excluding hydrogens is 322 g/mol. The molecule has 0 aliphatic carbocycles. The van der Waals surface area contributed by atoms with Gasteiger partial charge in [-0.3, -0.25) is 9.59 Å². The van der Waals surface area contributed by atoms with Crippen molar-refractivity contribution in [1.82, 2.24) is 15.5 Å². The minimum Gasteiger partial charge on any atom is -0.481 e. The third-order valence-corrected chi connectivity index (χ3v) is 4.27. The Labute approximate surface area is 147 Å². The number of carbonyl (C=O) groups excluding carboxylic acids is 2. The van der Waals surface area contributed by atoms with Crippen LogP contribution in [0.15, 0.2) is 24.3 Å². The summed E-state index contributed by atoms with van der Waals surface area (Å²) in [7, 11) is 0. The largest absolute Gasteiger partial charge is 0.481 e. The fourth-order valence-corrected chi connectivity index (χ4v) is 2.78. The Kier molecular flexibility index (Phi) is 6.80. The second-order valence-electron chi connectivity index (χ2n) is 6.33. The molecule has 1 heterocycles. The maximum Gasteiger partial charge on any atom is 0.315 e. The predicted molar refractivity (Wildman–Crippen MR) is 93.5 cm³/mol. The first-order valence-electron chi connectivity index (χ1n) is 8.58. The van der Waals surface area contributed by atoms with E-state index in [1.807, 2.05) is 36.1 Å². The maximum atomic E-state index is 12.4. The monoisotopic (exact) mass is 347 g/mol. The molecule has 1 aliphatic rings. The molecule has 7 heteroatoms. The third-order valence-electron chi connectivity index (χ3n) is 4.27. The van der Waals surface area contributed by atoms with Crippen molar-refractivity contribution in [1.29, 1.82) is 0 Å². The SMILES string of the molecule is Cc1ccc(C(=O)N2CCC(NC(=O)NCCCC(=O)O)CC2)cc1. The van der Waals surface area contributed by atoms with Gasteiger partial charge in [-0.1, -0.05) is 17.7 Å². The molecule has 2 rings (SSSR count). The van der Waals surface area contributed by atoms with Gasteiger partial charge < -0.3 is 20.6 Å². The first-order valence-corrected chi connectivity index (χ1v) is 8.58. The Morgan fingerprint density at radius 2 is 1.80 bits per heavy atom. The Morgan fingerprint density at radius 3 is 2.40 bits per heavy atom. The van der Waals surface area contributed by atoms with Crippen molar-refractivity contribution in [2.45, 2.75) is 38.6 Å². The highest BCUT2D eigenvalue weighted by molar-refractivity contribution is 5.94. The molecule has 0 aromatic heterocycles. The van der Waals surface area contributed by atoms with Crippen LogP contribution in [-0.2, 0) is 4.79 Å². The average Bonchev–Trinajstić information content (AvgIpc) is 2.59. The number of aliphatic carboxylic acids is 1. The fourth-order valence-electron chi connectivity index (χ4n) is 2.78. The van der Waals surface area contributed by atoms with Gasteiger partial charge in [-0.15, -0.1) is 0 Å². The number of hydrogen-bond acceptors (Lipinski definition) is 3. The molecule has 0 unspecified atom stereocenters. The van der Waals surface area contributed by atoms with Crippen molar-refractivity contribution in [3.8, 4) is 0 Å². The van der Waals surface area contributed by atoms with Gasteiger partial charge in [0.05, 0.1) is 0 Å². The number of nitrogens with zero attached hydrogens (tertiary/aromatic N) is 1. The number of carbonyl (C=O) groups is 3. The molecule has 136 valence electrons. The van der Waals surface area contributed by atoms with Gasteiger partial charge in [-0.25, -0.2) is 4.79 Å². The summed E-state index contributed by atoms with van der Waals surface area (Å²) in [5, 5.41) is 14.1. The molecule has 1 aromatic rings. The zero-order chi connectivity index (χ0) is 18.2. The molecule has 1 fully saturated rings. The Morgan fingerprint density at radius 1 is 1.16 bits per heavy atom. The maximum absolute atomic E-state index is 12.4. The van der Waals surface area contributed by atoms with E-state index in [0.29, 0.717) is 44.5 Å². The number of carboxylic acid groups (broad SMARTS) is 1. The molecule has 0 atom stereocenters. The second kappa shape index (κ2) is 9.05. The van der Waals surface area contributed by atoms with Crippen LogP contribution in [0.1, 0.15) is 41.6 Å². The summed E-state index contributed by atoms with van der Waals surface area (Å²) < 4.78 is 0. The standard InChI is InChI=1S/C18H25N3O4/c1-13-4-6-14(7-5-13)17(24)21-11-8-15(9-12-21)20-18(25)19-10-2-3-16(22)23/h4-7,15H,2-3,8-12H2,1H3,(H,22,23)(H2,19,20,25). The Balaban J connectivity index is 1.70. The van der Waals surface area contributed by atoms with Gasteiger partial charge in [0.15, 0.2) is 0 Å². The van der Waals surface area contributed by atoms with Crippen LogP contribution in [0, 0.1) is 6.92 Å². The number of carboxylic acids is 1. The molecule has 0 bridgehead atoms. The van der Waals surface area contributed by atoms with Gasteiger partial charge in [-0.05, 0) is 38.3 Å². The van der Waals surface area contributed by atoms with E-state index in [1.54, 1.807) is 0 Å². The van der Waals surface area contributed by atoms with Crippen molar-refractivity contribution in [2.24, 2.45) is 0 Å². The van der Waals surface area contributed by atoms with Crippen molar-refractivity contribution >= 4 is 17.9 Å². The summed E-state index contributed by atoms with van der Waals surface area (Å²) in [6.45, 7) is 3.54. The van der Waals surface area contributed by atoms with E-state index in [9.17, 15) is 14.4 Å². The lowest BCUT2D eigenvalue weighted by atomic mass is 10.0. The number of piperidine rings is 1. The number of rotatable bonds is 6. The summed E-state index contributed by atoms with van der Waals surface area (Å²) in [5.74, 6) is -0.843. The molecule has 0 saturated carbocycles. The van der Waals surface area contributed by atoms with Gasteiger partial charge in [0.1, 0.15) is 0 Å². The van der Waals surface area contributed by atoms with Crippen LogP contribution in [0.5, 0.6) is 0 Å². The van der Waals surface area contributed by atoms with Gasteiger partial charge >= 0.3 is 12.0 Å². The topological polar surface area (TPSA) is 98.7 Å². The van der Waals surface area contributed by atoms with E-state index >= 15 is 0 Å². The highest BCUT2D eigenvalue weighted by Gasteiger charge is 2.24. The molecule has 1 aromatic carbocycles. The van der Waals surface area contributed by atoms with E-state index in [-0.39, 0.29) is 24.4 Å². The zero-order valence-electron chi connectivity index (χ0n) is 14.5. The first kappa shape index (κ1) is 18.8. The van der Waals surface area contributed by atoms with Crippen LogP contribution in [0.3, 0.4) is 0 Å². The summed E-state index contributed by atoms with van der Waals surface area (Å²) in [4.78, 5) is 36.4. The van der Waals surface area contributed by atoms with Crippen LogP contribution >= 0.6 is 0 Å². The number of urea groups is 1. The number of nitrogens with one attached hydrogen (secondary N) is 2. The van der Waals surface area contributed by atoms with Crippen LogP contribution < -0.4 is 10.6 Å². The van der Waals surface area contributed by atoms with Crippen LogP contribution in [0.2, 0.25) is 0 Å². The van der Waals surface area contributed by atoms with Crippen molar-refractivity contribution in [3.63, 3.8) is 0 Å². The quantitative estimate of drug-likeness (QED) is 0.683.